The number of hydrogen-bond donors (Lipinski definition) is 1. The number of aryl methyl sites for hydroxylation is 1. The first-order valence-corrected chi connectivity index (χ1v) is 9.52. The van der Waals surface area contributed by atoms with Crippen LogP contribution < -0.4 is 10.1 Å². The van der Waals surface area contributed by atoms with E-state index in [0.29, 0.717) is 19.1 Å². The molecule has 0 aliphatic rings. The second-order valence-corrected chi connectivity index (χ2v) is 6.62. The average Bonchev–Trinajstić information content (AvgIpc) is 3.19. The molecule has 0 saturated heterocycles. The highest BCUT2D eigenvalue weighted by molar-refractivity contribution is 5.88. The van der Waals surface area contributed by atoms with E-state index in [-0.39, 0.29) is 0 Å². The van der Waals surface area contributed by atoms with Crippen LogP contribution >= 0.6 is 0 Å². The first-order chi connectivity index (χ1) is 13.8. The standard InChI is InChI=1S/C22H23N5O/c1-2-14-27-22(24-25-26-27)23-15-20-19-11-7-6-10-18(19)12-13-21(20)28-16-17-8-4-3-5-9-17/h3-13H,2,14-16H2,1H3,(H,23,24,26). The lowest BCUT2D eigenvalue weighted by atomic mass is 10.0. The second-order valence-electron chi connectivity index (χ2n) is 6.62. The molecule has 0 aliphatic carbocycles. The Hall–Kier alpha value is -3.41. The predicted octanol–water partition coefficient (Wildman–Crippen LogP) is 4.43. The van der Waals surface area contributed by atoms with Gasteiger partial charge in [-0.2, -0.15) is 0 Å². The maximum absolute atomic E-state index is 6.18. The fourth-order valence-electron chi connectivity index (χ4n) is 3.23. The van der Waals surface area contributed by atoms with Crippen LogP contribution in [0.3, 0.4) is 0 Å². The fraction of sp³-hybridized carbons (Fsp3) is 0.227. The number of fused-ring (bicyclic) bond motifs is 1. The lowest BCUT2D eigenvalue weighted by Crippen LogP contribution is -2.10. The Morgan fingerprint density at radius 3 is 2.64 bits per heavy atom. The molecule has 0 fully saturated rings. The third kappa shape index (κ3) is 3.96. The summed E-state index contributed by atoms with van der Waals surface area (Å²) in [5.74, 6) is 1.54. The van der Waals surface area contributed by atoms with Gasteiger partial charge in [0.25, 0.3) is 0 Å². The van der Waals surface area contributed by atoms with E-state index in [1.54, 1.807) is 4.68 Å². The zero-order chi connectivity index (χ0) is 19.2. The van der Waals surface area contributed by atoms with Gasteiger partial charge in [0.05, 0.1) is 0 Å². The molecule has 0 saturated carbocycles. The number of tetrazole rings is 1. The third-order valence-corrected chi connectivity index (χ3v) is 4.63. The van der Waals surface area contributed by atoms with E-state index < -0.39 is 0 Å². The SMILES string of the molecule is CCCn1nnnc1NCc1c(OCc2ccccc2)ccc2ccccc12. The van der Waals surface area contributed by atoms with Crippen LogP contribution in [0, 0.1) is 0 Å². The van der Waals surface area contributed by atoms with Gasteiger partial charge in [-0.1, -0.05) is 72.7 Å². The van der Waals surface area contributed by atoms with Gasteiger partial charge in [0.15, 0.2) is 0 Å². The molecule has 1 aromatic heterocycles. The quantitative estimate of drug-likeness (QED) is 0.495. The normalized spacial score (nSPS) is 10.9. The van der Waals surface area contributed by atoms with E-state index in [1.807, 2.05) is 36.4 Å². The molecule has 142 valence electrons. The van der Waals surface area contributed by atoms with Crippen molar-refractivity contribution in [3.8, 4) is 5.75 Å². The van der Waals surface area contributed by atoms with Gasteiger partial charge in [0.2, 0.25) is 5.95 Å². The zero-order valence-corrected chi connectivity index (χ0v) is 15.9. The van der Waals surface area contributed by atoms with Gasteiger partial charge in [-0.15, -0.1) is 0 Å². The number of nitrogens with zero attached hydrogens (tertiary/aromatic N) is 4. The summed E-state index contributed by atoms with van der Waals surface area (Å²) in [7, 11) is 0. The Morgan fingerprint density at radius 1 is 0.964 bits per heavy atom. The van der Waals surface area contributed by atoms with Crippen molar-refractivity contribution >= 4 is 16.7 Å². The minimum absolute atomic E-state index is 0.528. The summed E-state index contributed by atoms with van der Waals surface area (Å²) >= 11 is 0. The molecule has 0 atom stereocenters. The Balaban J connectivity index is 1.61. The molecule has 4 aromatic rings. The molecule has 4 rings (SSSR count). The van der Waals surface area contributed by atoms with E-state index in [0.717, 1.165) is 35.2 Å². The highest BCUT2D eigenvalue weighted by Crippen LogP contribution is 2.29. The number of ether oxygens (including phenoxy) is 1. The van der Waals surface area contributed by atoms with Crippen LogP contribution in [0.25, 0.3) is 10.8 Å². The molecule has 1 N–H and O–H groups in total. The minimum atomic E-state index is 0.528. The van der Waals surface area contributed by atoms with Gasteiger partial charge in [-0.25, -0.2) is 4.68 Å². The fourth-order valence-corrected chi connectivity index (χ4v) is 3.23. The molecule has 0 spiro atoms. The lowest BCUT2D eigenvalue weighted by molar-refractivity contribution is 0.304. The third-order valence-electron chi connectivity index (χ3n) is 4.63. The summed E-state index contributed by atoms with van der Waals surface area (Å²) in [4.78, 5) is 0. The number of anilines is 1. The van der Waals surface area contributed by atoms with Gasteiger partial charge in [-0.3, -0.25) is 0 Å². The second kappa shape index (κ2) is 8.52. The van der Waals surface area contributed by atoms with Gasteiger partial charge in [0.1, 0.15) is 12.4 Å². The predicted molar refractivity (Wildman–Crippen MR) is 110 cm³/mol. The van der Waals surface area contributed by atoms with Gasteiger partial charge < -0.3 is 10.1 Å². The number of aromatic nitrogens is 4. The average molecular weight is 373 g/mol. The molecule has 0 amide bonds. The van der Waals surface area contributed by atoms with Crippen molar-refractivity contribution in [1.29, 1.82) is 0 Å². The van der Waals surface area contributed by atoms with Crippen LogP contribution in [0.5, 0.6) is 5.75 Å². The van der Waals surface area contributed by atoms with Crippen molar-refractivity contribution in [2.45, 2.75) is 33.0 Å². The maximum atomic E-state index is 6.18. The van der Waals surface area contributed by atoms with Gasteiger partial charge >= 0.3 is 0 Å². The van der Waals surface area contributed by atoms with E-state index in [1.165, 1.54) is 5.39 Å². The molecule has 0 bridgehead atoms. The molecule has 0 unspecified atom stereocenters. The van der Waals surface area contributed by atoms with Crippen molar-refractivity contribution < 1.29 is 4.74 Å². The Labute approximate surface area is 164 Å². The summed E-state index contributed by atoms with van der Waals surface area (Å²) < 4.78 is 7.97. The zero-order valence-electron chi connectivity index (χ0n) is 15.9. The van der Waals surface area contributed by atoms with Gasteiger partial charge in [-0.05, 0) is 39.2 Å². The first-order valence-electron chi connectivity index (χ1n) is 9.52. The first kappa shape index (κ1) is 18.0. The smallest absolute Gasteiger partial charge is 0.243 e. The topological polar surface area (TPSA) is 64.9 Å². The highest BCUT2D eigenvalue weighted by Gasteiger charge is 2.11. The summed E-state index contributed by atoms with van der Waals surface area (Å²) in [5.41, 5.74) is 2.24. The molecular weight excluding hydrogens is 350 g/mol. The van der Waals surface area contributed by atoms with Crippen LogP contribution in [-0.2, 0) is 19.7 Å². The Kier molecular flexibility index (Phi) is 5.47. The molecule has 6 nitrogen and oxygen atoms in total. The van der Waals surface area contributed by atoms with Crippen molar-refractivity contribution in [3.63, 3.8) is 0 Å². The largest absolute Gasteiger partial charge is 0.489 e. The molecule has 0 radical (unpaired) electrons. The number of hydrogen-bond acceptors (Lipinski definition) is 5. The van der Waals surface area contributed by atoms with Crippen LogP contribution in [0.1, 0.15) is 24.5 Å². The van der Waals surface area contributed by atoms with Crippen LogP contribution in [0.2, 0.25) is 0 Å². The van der Waals surface area contributed by atoms with Gasteiger partial charge in [0, 0.05) is 18.7 Å². The van der Waals surface area contributed by atoms with Crippen LogP contribution in [0.15, 0.2) is 66.7 Å². The van der Waals surface area contributed by atoms with E-state index in [2.05, 4.69) is 58.1 Å². The summed E-state index contributed by atoms with van der Waals surface area (Å²) in [5, 5.41) is 17.6. The molecule has 1 heterocycles. The van der Waals surface area contributed by atoms with E-state index in [4.69, 9.17) is 4.74 Å². The molecule has 0 aliphatic heterocycles. The Bertz CT molecular complexity index is 1050. The number of nitrogens with one attached hydrogen (secondary N) is 1. The molecule has 28 heavy (non-hydrogen) atoms. The van der Waals surface area contributed by atoms with Crippen LogP contribution in [-0.4, -0.2) is 20.2 Å². The number of benzene rings is 3. The minimum Gasteiger partial charge on any atom is -0.489 e. The Morgan fingerprint density at radius 2 is 1.79 bits per heavy atom. The number of rotatable bonds is 8. The molecular formula is C22H23N5O. The van der Waals surface area contributed by atoms with Crippen LogP contribution in [0.4, 0.5) is 5.95 Å². The van der Waals surface area contributed by atoms with Crippen molar-refractivity contribution in [2.24, 2.45) is 0 Å². The highest BCUT2D eigenvalue weighted by atomic mass is 16.5. The van der Waals surface area contributed by atoms with E-state index >= 15 is 0 Å². The summed E-state index contributed by atoms with van der Waals surface area (Å²) in [6.07, 6.45) is 0.972. The summed E-state index contributed by atoms with van der Waals surface area (Å²) in [6, 6.07) is 22.7. The monoisotopic (exact) mass is 373 g/mol. The van der Waals surface area contributed by atoms with E-state index in [9.17, 15) is 0 Å². The lowest BCUT2D eigenvalue weighted by Gasteiger charge is -2.15. The van der Waals surface area contributed by atoms with Crippen molar-refractivity contribution in [3.05, 3.63) is 77.9 Å². The maximum Gasteiger partial charge on any atom is 0.243 e. The van der Waals surface area contributed by atoms with Crippen molar-refractivity contribution in [2.75, 3.05) is 5.32 Å². The summed E-state index contributed by atoms with van der Waals surface area (Å²) in [6.45, 7) is 3.99. The molecule has 6 heteroatoms. The molecule has 3 aromatic carbocycles. The van der Waals surface area contributed by atoms with Crippen molar-refractivity contribution in [1.82, 2.24) is 20.2 Å².